The minimum atomic E-state index is -0.233. The van der Waals surface area contributed by atoms with Gasteiger partial charge in [0.2, 0.25) is 0 Å². The molecule has 0 spiro atoms. The number of hydrogen-bond donors (Lipinski definition) is 0. The average molecular weight is 227 g/mol. The predicted octanol–water partition coefficient (Wildman–Crippen LogP) is 1.50. The first-order valence-electron chi connectivity index (χ1n) is 3.49. The summed E-state index contributed by atoms with van der Waals surface area (Å²) in [6, 6.07) is 3.37. The third-order valence-electron chi connectivity index (χ3n) is 1.51. The van der Waals surface area contributed by atoms with Crippen molar-refractivity contribution in [3.8, 4) is 6.07 Å². The summed E-state index contributed by atoms with van der Waals surface area (Å²) < 4.78 is 2.24. The fraction of sp³-hybridized carbons (Fsp3) is 0.250. The van der Waals surface area contributed by atoms with Gasteiger partial charge in [-0.3, -0.25) is 4.79 Å². The van der Waals surface area contributed by atoms with Gasteiger partial charge in [-0.25, -0.2) is 0 Å². The van der Waals surface area contributed by atoms with Crippen molar-refractivity contribution in [2.24, 2.45) is 0 Å². The molecule has 1 heterocycles. The largest absolute Gasteiger partial charge is 0.314 e. The van der Waals surface area contributed by atoms with Gasteiger partial charge in [-0.2, -0.15) is 5.26 Å². The van der Waals surface area contributed by atoms with E-state index in [1.165, 1.54) is 10.6 Å². The summed E-state index contributed by atoms with van der Waals surface area (Å²) in [4.78, 5) is 11.3. The highest BCUT2D eigenvalue weighted by atomic mass is 79.9. The summed E-state index contributed by atoms with van der Waals surface area (Å²) in [6.45, 7) is 2.43. The van der Waals surface area contributed by atoms with E-state index in [0.29, 0.717) is 6.54 Å². The van der Waals surface area contributed by atoms with Crippen LogP contribution in [0, 0.1) is 11.3 Å². The molecular formula is C8H7BrN2O. The van der Waals surface area contributed by atoms with Crippen molar-refractivity contribution in [2.75, 3.05) is 0 Å². The van der Waals surface area contributed by atoms with Crippen LogP contribution in [0.4, 0.5) is 0 Å². The van der Waals surface area contributed by atoms with E-state index in [9.17, 15) is 4.79 Å². The van der Waals surface area contributed by atoms with Crippen LogP contribution in [0.1, 0.15) is 12.5 Å². The fourth-order valence-electron chi connectivity index (χ4n) is 0.914. The van der Waals surface area contributed by atoms with E-state index >= 15 is 0 Å². The zero-order valence-electron chi connectivity index (χ0n) is 6.54. The zero-order valence-corrected chi connectivity index (χ0v) is 8.13. The number of aromatic nitrogens is 1. The first-order chi connectivity index (χ1) is 5.69. The van der Waals surface area contributed by atoms with E-state index in [-0.39, 0.29) is 11.1 Å². The lowest BCUT2D eigenvalue weighted by molar-refractivity contribution is 0.722. The molecule has 0 fully saturated rings. The van der Waals surface area contributed by atoms with Gasteiger partial charge in [-0.05, 0) is 28.9 Å². The van der Waals surface area contributed by atoms with Crippen LogP contribution in [0.25, 0.3) is 0 Å². The second-order valence-corrected chi connectivity index (χ2v) is 3.19. The van der Waals surface area contributed by atoms with Crippen molar-refractivity contribution >= 4 is 15.9 Å². The summed E-state index contributed by atoms with van der Waals surface area (Å²) in [7, 11) is 0. The van der Waals surface area contributed by atoms with Gasteiger partial charge in [0.05, 0.1) is 0 Å². The third kappa shape index (κ3) is 1.56. The van der Waals surface area contributed by atoms with Crippen molar-refractivity contribution in [3.63, 3.8) is 0 Å². The molecule has 12 heavy (non-hydrogen) atoms. The molecule has 0 bridgehead atoms. The highest BCUT2D eigenvalue weighted by Crippen LogP contribution is 2.07. The monoisotopic (exact) mass is 226 g/mol. The van der Waals surface area contributed by atoms with E-state index < -0.39 is 0 Å². The molecule has 0 aliphatic rings. The van der Waals surface area contributed by atoms with Crippen molar-refractivity contribution in [2.45, 2.75) is 13.5 Å². The Labute approximate surface area is 78.4 Å². The van der Waals surface area contributed by atoms with Crippen LogP contribution < -0.4 is 5.56 Å². The first-order valence-corrected chi connectivity index (χ1v) is 4.28. The van der Waals surface area contributed by atoms with E-state index in [0.717, 1.165) is 4.47 Å². The van der Waals surface area contributed by atoms with Crippen molar-refractivity contribution in [1.82, 2.24) is 4.57 Å². The Morgan fingerprint density at radius 3 is 2.92 bits per heavy atom. The molecule has 62 valence electrons. The lowest BCUT2D eigenvalue weighted by Crippen LogP contribution is -2.20. The molecule has 0 radical (unpaired) electrons. The minimum absolute atomic E-state index is 0.172. The second-order valence-electron chi connectivity index (χ2n) is 2.27. The Hall–Kier alpha value is -1.08. The third-order valence-corrected chi connectivity index (χ3v) is 1.95. The highest BCUT2D eigenvalue weighted by molar-refractivity contribution is 9.10. The predicted molar refractivity (Wildman–Crippen MR) is 48.8 cm³/mol. The van der Waals surface area contributed by atoms with E-state index in [2.05, 4.69) is 15.9 Å². The van der Waals surface area contributed by atoms with Gasteiger partial charge in [0.15, 0.2) is 0 Å². The molecule has 1 aromatic heterocycles. The Morgan fingerprint density at radius 2 is 2.42 bits per heavy atom. The van der Waals surface area contributed by atoms with Gasteiger partial charge in [-0.1, -0.05) is 0 Å². The molecule has 1 aromatic rings. The number of nitriles is 1. The normalized spacial score (nSPS) is 9.42. The molecule has 4 heteroatoms. The van der Waals surface area contributed by atoms with Gasteiger partial charge in [-0.15, -0.1) is 0 Å². The van der Waals surface area contributed by atoms with Gasteiger partial charge >= 0.3 is 0 Å². The van der Waals surface area contributed by atoms with Crippen LogP contribution in [-0.4, -0.2) is 4.57 Å². The van der Waals surface area contributed by atoms with E-state index in [1.54, 1.807) is 6.20 Å². The Kier molecular flexibility index (Phi) is 2.66. The molecule has 3 nitrogen and oxygen atoms in total. The Balaban J connectivity index is 3.45. The van der Waals surface area contributed by atoms with Crippen LogP contribution in [-0.2, 0) is 6.54 Å². The lowest BCUT2D eigenvalue weighted by atomic mass is 10.3. The molecule has 0 atom stereocenters. The molecule has 0 aromatic carbocycles. The van der Waals surface area contributed by atoms with E-state index in [1.807, 2.05) is 13.0 Å². The van der Waals surface area contributed by atoms with Crippen molar-refractivity contribution in [1.29, 1.82) is 5.26 Å². The fourth-order valence-corrected chi connectivity index (χ4v) is 1.39. The van der Waals surface area contributed by atoms with Crippen LogP contribution in [0.2, 0.25) is 0 Å². The smallest absolute Gasteiger partial charge is 0.268 e. The second kappa shape index (κ2) is 3.55. The number of nitrogens with zero attached hydrogens (tertiary/aromatic N) is 2. The van der Waals surface area contributed by atoms with Crippen molar-refractivity contribution in [3.05, 3.63) is 32.7 Å². The van der Waals surface area contributed by atoms with E-state index in [4.69, 9.17) is 5.26 Å². The molecule has 1 rings (SSSR count). The van der Waals surface area contributed by atoms with Gasteiger partial charge in [0.25, 0.3) is 5.56 Å². The van der Waals surface area contributed by atoms with Gasteiger partial charge in [0, 0.05) is 17.2 Å². The lowest BCUT2D eigenvalue weighted by Gasteiger charge is -2.01. The molecule has 0 aliphatic heterocycles. The molecule has 0 N–H and O–H groups in total. The molecule has 0 amide bonds. The SMILES string of the molecule is CCn1cc(Br)cc(C#N)c1=O. The molecule has 0 saturated carbocycles. The van der Waals surface area contributed by atoms with Crippen LogP contribution in [0.3, 0.4) is 0 Å². The first kappa shape index (κ1) is 9.01. The van der Waals surface area contributed by atoms with Crippen LogP contribution >= 0.6 is 15.9 Å². The average Bonchev–Trinajstić information content (AvgIpc) is 2.08. The van der Waals surface area contributed by atoms with Crippen LogP contribution in [0.5, 0.6) is 0 Å². The van der Waals surface area contributed by atoms with Gasteiger partial charge in [0.1, 0.15) is 11.6 Å². The molecular weight excluding hydrogens is 220 g/mol. The molecule has 0 aliphatic carbocycles. The maximum Gasteiger partial charge on any atom is 0.268 e. The number of halogens is 1. The van der Waals surface area contributed by atoms with Gasteiger partial charge < -0.3 is 4.57 Å². The number of rotatable bonds is 1. The summed E-state index contributed by atoms with van der Waals surface area (Å²) in [5.74, 6) is 0. The Morgan fingerprint density at radius 1 is 1.75 bits per heavy atom. The van der Waals surface area contributed by atoms with Crippen molar-refractivity contribution < 1.29 is 0 Å². The number of pyridine rings is 1. The highest BCUT2D eigenvalue weighted by Gasteiger charge is 2.02. The quantitative estimate of drug-likeness (QED) is 0.729. The minimum Gasteiger partial charge on any atom is -0.314 e. The summed E-state index contributed by atoms with van der Waals surface area (Å²) in [5.41, 5.74) is -0.0607. The number of hydrogen-bond acceptors (Lipinski definition) is 2. The summed E-state index contributed by atoms with van der Waals surface area (Å²) >= 11 is 3.22. The summed E-state index contributed by atoms with van der Waals surface area (Å²) in [5, 5.41) is 8.58. The molecule has 0 unspecified atom stereocenters. The maximum atomic E-state index is 11.3. The zero-order chi connectivity index (χ0) is 9.14. The number of aryl methyl sites for hydroxylation is 1. The van der Waals surface area contributed by atoms with Crippen LogP contribution in [0.15, 0.2) is 21.5 Å². The maximum absolute atomic E-state index is 11.3. The Bertz CT molecular complexity index is 389. The summed E-state index contributed by atoms with van der Waals surface area (Å²) in [6.07, 6.45) is 1.67. The topological polar surface area (TPSA) is 45.8 Å². The standard InChI is InChI=1S/C8H7BrN2O/c1-2-11-5-7(9)3-6(4-10)8(11)12/h3,5H,2H2,1H3. The molecule has 0 saturated heterocycles.